The van der Waals surface area contributed by atoms with Gasteiger partial charge in [-0.2, -0.15) is 0 Å². The van der Waals surface area contributed by atoms with Crippen LogP contribution in [0.25, 0.3) is 0 Å². The molecule has 3 nitrogen and oxygen atoms in total. The van der Waals surface area contributed by atoms with Gasteiger partial charge >= 0.3 is 5.97 Å². The number of hydrogen-bond donors (Lipinski definition) is 1. The number of halogens is 2. The highest BCUT2D eigenvalue weighted by atomic mass is 35.5. The second kappa shape index (κ2) is 7.61. The van der Waals surface area contributed by atoms with Gasteiger partial charge in [-0.1, -0.05) is 36.5 Å². The van der Waals surface area contributed by atoms with Crippen molar-refractivity contribution in [1.29, 1.82) is 0 Å². The summed E-state index contributed by atoms with van der Waals surface area (Å²) in [6, 6.07) is 3.36. The van der Waals surface area contributed by atoms with Crippen molar-refractivity contribution in [3.8, 4) is 5.75 Å². The maximum Gasteiger partial charge on any atom is 0.303 e. The minimum atomic E-state index is -0.836. The Morgan fingerprint density at radius 1 is 1.37 bits per heavy atom. The lowest BCUT2D eigenvalue weighted by Crippen LogP contribution is -2.09. The van der Waals surface area contributed by atoms with Crippen LogP contribution in [0.15, 0.2) is 12.1 Å². The Morgan fingerprint density at radius 2 is 2.05 bits per heavy atom. The first-order valence-electron chi connectivity index (χ1n) is 6.33. The monoisotopic (exact) mass is 304 g/mol. The molecule has 0 radical (unpaired) electrons. The first-order valence-corrected chi connectivity index (χ1v) is 7.08. The van der Waals surface area contributed by atoms with E-state index in [1.54, 1.807) is 12.1 Å². The molecule has 1 unspecified atom stereocenters. The average molecular weight is 305 g/mol. The van der Waals surface area contributed by atoms with Gasteiger partial charge in [-0.3, -0.25) is 4.79 Å². The fourth-order valence-electron chi connectivity index (χ4n) is 2.11. The van der Waals surface area contributed by atoms with Crippen LogP contribution in [0.1, 0.15) is 44.6 Å². The maximum absolute atomic E-state index is 11.0. The van der Waals surface area contributed by atoms with Gasteiger partial charge in [0.2, 0.25) is 0 Å². The maximum atomic E-state index is 11.0. The topological polar surface area (TPSA) is 46.5 Å². The number of hydrogen-bond acceptors (Lipinski definition) is 2. The van der Waals surface area contributed by atoms with Gasteiger partial charge in [-0.05, 0) is 31.4 Å². The zero-order valence-electron chi connectivity index (χ0n) is 11.1. The predicted molar refractivity (Wildman–Crippen MR) is 77.5 cm³/mol. The van der Waals surface area contributed by atoms with Gasteiger partial charge in [-0.25, -0.2) is 0 Å². The number of carboxylic acids is 1. The Kier molecular flexibility index (Phi) is 6.46. The van der Waals surface area contributed by atoms with Crippen molar-refractivity contribution in [2.75, 3.05) is 6.61 Å². The van der Waals surface area contributed by atoms with Gasteiger partial charge in [0.1, 0.15) is 5.75 Å². The molecule has 0 aliphatic carbocycles. The third kappa shape index (κ3) is 4.59. The fraction of sp³-hybridized carbons (Fsp3) is 0.500. The van der Waals surface area contributed by atoms with Gasteiger partial charge in [0.05, 0.1) is 18.1 Å². The van der Waals surface area contributed by atoms with E-state index in [1.165, 1.54) is 0 Å². The predicted octanol–water partition coefficient (Wildman–Crippen LogP) is 4.75. The normalized spacial score (nSPS) is 12.2. The second-order valence-electron chi connectivity index (χ2n) is 4.32. The van der Waals surface area contributed by atoms with E-state index < -0.39 is 5.97 Å². The van der Waals surface area contributed by atoms with E-state index in [2.05, 4.69) is 0 Å². The standard InChI is InChI=1S/C14H18Cl2O3/c1-3-5-9(6-13(17)18)11-7-10(15)8-12(16)14(11)19-4-2/h7-9H,3-6H2,1-2H3,(H,17,18). The molecular formula is C14H18Cl2O3. The van der Waals surface area contributed by atoms with Gasteiger partial charge in [-0.15, -0.1) is 0 Å². The van der Waals surface area contributed by atoms with Crippen molar-refractivity contribution in [2.24, 2.45) is 0 Å². The molecule has 0 amide bonds. The Morgan fingerprint density at radius 3 is 2.58 bits per heavy atom. The molecule has 0 heterocycles. The van der Waals surface area contributed by atoms with Gasteiger partial charge in [0, 0.05) is 10.6 Å². The minimum absolute atomic E-state index is 0.0462. The molecule has 19 heavy (non-hydrogen) atoms. The van der Waals surface area contributed by atoms with Crippen molar-refractivity contribution in [2.45, 2.75) is 39.0 Å². The molecule has 1 N–H and O–H groups in total. The molecule has 0 aliphatic rings. The fourth-order valence-corrected chi connectivity index (χ4v) is 2.67. The molecule has 1 aromatic rings. The van der Waals surface area contributed by atoms with E-state index in [0.29, 0.717) is 22.4 Å². The van der Waals surface area contributed by atoms with Crippen LogP contribution in [-0.4, -0.2) is 17.7 Å². The minimum Gasteiger partial charge on any atom is -0.492 e. The van der Waals surface area contributed by atoms with E-state index in [-0.39, 0.29) is 12.3 Å². The Hall–Kier alpha value is -0.930. The zero-order valence-corrected chi connectivity index (χ0v) is 12.6. The van der Waals surface area contributed by atoms with Crippen LogP contribution in [0.4, 0.5) is 0 Å². The first-order chi connectivity index (χ1) is 8.99. The molecule has 1 aromatic carbocycles. The molecule has 0 saturated carbocycles. The molecule has 0 aromatic heterocycles. The van der Waals surface area contributed by atoms with Crippen LogP contribution in [-0.2, 0) is 4.79 Å². The second-order valence-corrected chi connectivity index (χ2v) is 5.17. The molecule has 0 aliphatic heterocycles. The molecule has 1 atom stereocenters. The largest absolute Gasteiger partial charge is 0.492 e. The van der Waals surface area contributed by atoms with E-state index in [0.717, 1.165) is 18.4 Å². The highest BCUT2D eigenvalue weighted by Crippen LogP contribution is 2.39. The highest BCUT2D eigenvalue weighted by molar-refractivity contribution is 6.35. The van der Waals surface area contributed by atoms with Gasteiger partial charge < -0.3 is 9.84 Å². The molecular weight excluding hydrogens is 287 g/mol. The molecule has 0 fully saturated rings. The summed E-state index contributed by atoms with van der Waals surface area (Å²) in [5.41, 5.74) is 0.781. The summed E-state index contributed by atoms with van der Waals surface area (Å²) < 4.78 is 5.55. The molecule has 106 valence electrons. The summed E-state index contributed by atoms with van der Waals surface area (Å²) in [5, 5.41) is 9.95. The van der Waals surface area contributed by atoms with Crippen molar-refractivity contribution < 1.29 is 14.6 Å². The highest BCUT2D eigenvalue weighted by Gasteiger charge is 2.21. The Balaban J connectivity index is 3.21. The third-order valence-corrected chi connectivity index (χ3v) is 3.32. The van der Waals surface area contributed by atoms with Crippen molar-refractivity contribution in [3.05, 3.63) is 27.7 Å². The molecule has 0 saturated heterocycles. The SMILES string of the molecule is CCCC(CC(=O)O)c1cc(Cl)cc(Cl)c1OCC. The summed E-state index contributed by atoms with van der Waals surface area (Å²) in [6.45, 7) is 4.35. The number of carboxylic acid groups (broad SMARTS) is 1. The summed E-state index contributed by atoms with van der Waals surface area (Å²) in [6.07, 6.45) is 1.68. The number of ether oxygens (including phenoxy) is 1. The molecule has 5 heteroatoms. The first kappa shape index (κ1) is 16.1. The van der Waals surface area contributed by atoms with Gasteiger partial charge in [0.15, 0.2) is 0 Å². The van der Waals surface area contributed by atoms with Crippen molar-refractivity contribution >= 4 is 29.2 Å². The summed E-state index contributed by atoms with van der Waals surface area (Å²) in [5.74, 6) is -0.425. The Labute approximate surface area is 123 Å². The van der Waals surface area contributed by atoms with E-state index in [9.17, 15) is 4.79 Å². The van der Waals surface area contributed by atoms with Crippen LogP contribution in [0, 0.1) is 0 Å². The number of rotatable bonds is 7. The lowest BCUT2D eigenvalue weighted by atomic mass is 9.90. The van der Waals surface area contributed by atoms with Crippen molar-refractivity contribution in [3.63, 3.8) is 0 Å². The van der Waals surface area contributed by atoms with Crippen LogP contribution < -0.4 is 4.74 Å². The number of aliphatic carboxylic acids is 1. The smallest absolute Gasteiger partial charge is 0.303 e. The summed E-state index contributed by atoms with van der Waals surface area (Å²) in [4.78, 5) is 11.0. The van der Waals surface area contributed by atoms with Crippen LogP contribution in [0.3, 0.4) is 0 Å². The van der Waals surface area contributed by atoms with E-state index >= 15 is 0 Å². The molecule has 0 bridgehead atoms. The van der Waals surface area contributed by atoms with E-state index in [4.69, 9.17) is 33.0 Å². The van der Waals surface area contributed by atoms with Crippen LogP contribution in [0.2, 0.25) is 10.0 Å². The summed E-state index contributed by atoms with van der Waals surface area (Å²) in [7, 11) is 0. The lowest BCUT2D eigenvalue weighted by molar-refractivity contribution is -0.137. The number of carbonyl (C=O) groups is 1. The quantitative estimate of drug-likeness (QED) is 0.790. The third-order valence-electron chi connectivity index (χ3n) is 2.82. The summed E-state index contributed by atoms with van der Waals surface area (Å²) >= 11 is 12.2. The lowest BCUT2D eigenvalue weighted by Gasteiger charge is -2.20. The Bertz CT molecular complexity index is 447. The zero-order chi connectivity index (χ0) is 14.4. The average Bonchev–Trinajstić information content (AvgIpc) is 2.31. The van der Waals surface area contributed by atoms with Crippen molar-refractivity contribution in [1.82, 2.24) is 0 Å². The molecule has 1 rings (SSSR count). The van der Waals surface area contributed by atoms with Crippen LogP contribution >= 0.6 is 23.2 Å². The van der Waals surface area contributed by atoms with E-state index in [1.807, 2.05) is 13.8 Å². The number of benzene rings is 1. The molecule has 0 spiro atoms. The van der Waals surface area contributed by atoms with Gasteiger partial charge in [0.25, 0.3) is 0 Å². The van der Waals surface area contributed by atoms with Crippen LogP contribution in [0.5, 0.6) is 5.75 Å².